The number of nitro groups is 1. The highest BCUT2D eigenvalue weighted by molar-refractivity contribution is 5.92. The fraction of sp³-hybridized carbons (Fsp3) is 0.417. The van der Waals surface area contributed by atoms with Crippen LogP contribution in [0.3, 0.4) is 0 Å². The van der Waals surface area contributed by atoms with Gasteiger partial charge in [-0.15, -0.1) is 0 Å². The first kappa shape index (κ1) is 14.0. The molecule has 6 heteroatoms. The Labute approximate surface area is 104 Å². The third kappa shape index (κ3) is 3.19. The summed E-state index contributed by atoms with van der Waals surface area (Å²) in [5.41, 5.74) is 0.0447. The van der Waals surface area contributed by atoms with Gasteiger partial charge in [0.1, 0.15) is 11.3 Å². The highest BCUT2D eigenvalue weighted by Crippen LogP contribution is 2.29. The van der Waals surface area contributed by atoms with Crippen molar-refractivity contribution in [3.63, 3.8) is 0 Å². The zero-order valence-electron chi connectivity index (χ0n) is 10.3. The van der Waals surface area contributed by atoms with E-state index in [1.54, 1.807) is 6.92 Å². The Kier molecular flexibility index (Phi) is 4.65. The van der Waals surface area contributed by atoms with E-state index < -0.39 is 10.9 Å². The summed E-state index contributed by atoms with van der Waals surface area (Å²) in [6.07, 6.45) is 1.73. The van der Waals surface area contributed by atoms with E-state index in [0.717, 1.165) is 18.9 Å². The minimum absolute atomic E-state index is 0.169. The molecular formula is C12H15NO5. The molecule has 98 valence electrons. The fourth-order valence-corrected chi connectivity index (χ4v) is 1.53. The summed E-state index contributed by atoms with van der Waals surface area (Å²) >= 11 is 0. The SMILES string of the molecule is CCCCOc1c(C)cc([N+](=O)[O-])cc1C(=O)O. The second-order valence-electron chi connectivity index (χ2n) is 3.90. The van der Waals surface area contributed by atoms with E-state index in [-0.39, 0.29) is 17.0 Å². The van der Waals surface area contributed by atoms with Crippen molar-refractivity contribution in [1.29, 1.82) is 0 Å². The average molecular weight is 253 g/mol. The van der Waals surface area contributed by atoms with Crippen molar-refractivity contribution in [3.8, 4) is 5.75 Å². The molecule has 0 spiro atoms. The molecular weight excluding hydrogens is 238 g/mol. The number of carbonyl (C=O) groups is 1. The summed E-state index contributed by atoms with van der Waals surface area (Å²) in [4.78, 5) is 21.1. The summed E-state index contributed by atoms with van der Waals surface area (Å²) in [5, 5.41) is 19.7. The zero-order chi connectivity index (χ0) is 13.7. The highest BCUT2D eigenvalue weighted by Gasteiger charge is 2.20. The summed E-state index contributed by atoms with van der Waals surface area (Å²) in [6.45, 7) is 3.99. The van der Waals surface area contributed by atoms with Crippen molar-refractivity contribution in [2.75, 3.05) is 6.61 Å². The number of hydrogen-bond donors (Lipinski definition) is 1. The van der Waals surface area contributed by atoms with E-state index in [1.807, 2.05) is 6.92 Å². The zero-order valence-corrected chi connectivity index (χ0v) is 10.3. The summed E-state index contributed by atoms with van der Waals surface area (Å²) in [5.74, 6) is -1.02. The maximum Gasteiger partial charge on any atom is 0.339 e. The third-order valence-corrected chi connectivity index (χ3v) is 2.44. The van der Waals surface area contributed by atoms with Crippen LogP contribution < -0.4 is 4.74 Å². The number of hydrogen-bond acceptors (Lipinski definition) is 4. The predicted octanol–water partition coefficient (Wildman–Crippen LogP) is 2.78. The van der Waals surface area contributed by atoms with E-state index in [1.165, 1.54) is 6.07 Å². The molecule has 0 aliphatic rings. The van der Waals surface area contributed by atoms with Gasteiger partial charge < -0.3 is 9.84 Å². The van der Waals surface area contributed by atoms with Crippen molar-refractivity contribution in [2.24, 2.45) is 0 Å². The van der Waals surface area contributed by atoms with Crippen molar-refractivity contribution < 1.29 is 19.6 Å². The lowest BCUT2D eigenvalue weighted by molar-refractivity contribution is -0.385. The second-order valence-corrected chi connectivity index (χ2v) is 3.90. The van der Waals surface area contributed by atoms with Crippen LogP contribution in [0.25, 0.3) is 0 Å². The Morgan fingerprint density at radius 2 is 2.17 bits per heavy atom. The molecule has 18 heavy (non-hydrogen) atoms. The minimum atomic E-state index is -1.23. The molecule has 0 unspecified atom stereocenters. The smallest absolute Gasteiger partial charge is 0.339 e. The Bertz CT molecular complexity index is 470. The van der Waals surface area contributed by atoms with Crippen LogP contribution in [-0.2, 0) is 0 Å². The molecule has 0 radical (unpaired) electrons. The Morgan fingerprint density at radius 1 is 1.50 bits per heavy atom. The number of non-ortho nitro benzene ring substituents is 1. The van der Waals surface area contributed by atoms with Crippen LogP contribution in [0.1, 0.15) is 35.7 Å². The predicted molar refractivity (Wildman–Crippen MR) is 65.2 cm³/mol. The van der Waals surface area contributed by atoms with Gasteiger partial charge >= 0.3 is 5.97 Å². The number of ether oxygens (including phenoxy) is 1. The van der Waals surface area contributed by atoms with E-state index in [9.17, 15) is 14.9 Å². The van der Waals surface area contributed by atoms with E-state index in [2.05, 4.69) is 0 Å². The van der Waals surface area contributed by atoms with Crippen molar-refractivity contribution in [1.82, 2.24) is 0 Å². The van der Waals surface area contributed by atoms with Gasteiger partial charge in [-0.1, -0.05) is 13.3 Å². The number of aromatic carboxylic acids is 1. The van der Waals surface area contributed by atoms with Gasteiger partial charge in [0.15, 0.2) is 0 Å². The van der Waals surface area contributed by atoms with Crippen LogP contribution >= 0.6 is 0 Å². The van der Waals surface area contributed by atoms with Crippen LogP contribution in [0.15, 0.2) is 12.1 Å². The topological polar surface area (TPSA) is 89.7 Å². The monoisotopic (exact) mass is 253 g/mol. The molecule has 0 atom stereocenters. The maximum atomic E-state index is 11.1. The summed E-state index contributed by atoms with van der Waals surface area (Å²) < 4.78 is 5.40. The van der Waals surface area contributed by atoms with Crippen LogP contribution in [0.4, 0.5) is 5.69 Å². The van der Waals surface area contributed by atoms with Crippen molar-refractivity contribution in [3.05, 3.63) is 33.4 Å². The van der Waals surface area contributed by atoms with E-state index in [4.69, 9.17) is 9.84 Å². The average Bonchev–Trinajstić information content (AvgIpc) is 2.30. The first-order chi connectivity index (χ1) is 8.47. The van der Waals surface area contributed by atoms with Crippen molar-refractivity contribution in [2.45, 2.75) is 26.7 Å². The normalized spacial score (nSPS) is 10.1. The lowest BCUT2D eigenvalue weighted by Gasteiger charge is -2.11. The van der Waals surface area contributed by atoms with Gasteiger partial charge in [-0.2, -0.15) is 0 Å². The first-order valence-electron chi connectivity index (χ1n) is 5.62. The van der Waals surface area contributed by atoms with Gasteiger partial charge in [0, 0.05) is 12.1 Å². The number of nitro benzene ring substituents is 1. The fourth-order valence-electron chi connectivity index (χ4n) is 1.53. The standard InChI is InChI=1S/C12H15NO5/c1-3-4-5-18-11-8(2)6-9(13(16)17)7-10(11)12(14)15/h6-7H,3-5H2,1-2H3,(H,14,15). The van der Waals surface area contributed by atoms with Gasteiger partial charge in [0.05, 0.1) is 11.5 Å². The Morgan fingerprint density at radius 3 is 2.67 bits per heavy atom. The minimum Gasteiger partial charge on any atom is -0.492 e. The lowest BCUT2D eigenvalue weighted by Crippen LogP contribution is -2.07. The molecule has 1 aromatic rings. The molecule has 0 amide bonds. The summed E-state index contributed by atoms with van der Waals surface area (Å²) in [7, 11) is 0. The molecule has 0 bridgehead atoms. The molecule has 0 fully saturated rings. The van der Waals surface area contributed by atoms with Crippen LogP contribution in [0.5, 0.6) is 5.75 Å². The molecule has 1 rings (SSSR count). The molecule has 0 aromatic heterocycles. The maximum absolute atomic E-state index is 11.1. The molecule has 6 nitrogen and oxygen atoms in total. The van der Waals surface area contributed by atoms with Gasteiger partial charge in [-0.25, -0.2) is 4.79 Å². The molecule has 0 saturated heterocycles. The number of nitrogens with zero attached hydrogens (tertiary/aromatic N) is 1. The Balaban J connectivity index is 3.15. The Hall–Kier alpha value is -2.11. The third-order valence-electron chi connectivity index (χ3n) is 2.44. The number of aryl methyl sites for hydroxylation is 1. The molecule has 0 aliphatic carbocycles. The molecule has 1 aromatic carbocycles. The highest BCUT2D eigenvalue weighted by atomic mass is 16.6. The number of unbranched alkanes of at least 4 members (excludes halogenated alkanes) is 1. The van der Waals surface area contributed by atoms with Gasteiger partial charge in [-0.3, -0.25) is 10.1 Å². The number of benzene rings is 1. The number of carboxylic acids is 1. The molecule has 0 aliphatic heterocycles. The van der Waals surface area contributed by atoms with Gasteiger partial charge in [0.25, 0.3) is 5.69 Å². The number of carboxylic acid groups (broad SMARTS) is 1. The number of rotatable bonds is 6. The van der Waals surface area contributed by atoms with E-state index >= 15 is 0 Å². The summed E-state index contributed by atoms with van der Waals surface area (Å²) in [6, 6.07) is 2.34. The lowest BCUT2D eigenvalue weighted by atomic mass is 10.1. The van der Waals surface area contributed by atoms with Gasteiger partial charge in [0.2, 0.25) is 0 Å². The van der Waals surface area contributed by atoms with Crippen LogP contribution in [-0.4, -0.2) is 22.6 Å². The van der Waals surface area contributed by atoms with Crippen LogP contribution in [0, 0.1) is 17.0 Å². The van der Waals surface area contributed by atoms with Crippen molar-refractivity contribution >= 4 is 11.7 Å². The van der Waals surface area contributed by atoms with Gasteiger partial charge in [-0.05, 0) is 18.9 Å². The van der Waals surface area contributed by atoms with E-state index in [0.29, 0.717) is 12.2 Å². The molecule has 1 N–H and O–H groups in total. The molecule has 0 heterocycles. The molecule has 0 saturated carbocycles. The quantitative estimate of drug-likeness (QED) is 0.478. The van der Waals surface area contributed by atoms with Crippen LogP contribution in [0.2, 0.25) is 0 Å². The largest absolute Gasteiger partial charge is 0.492 e. The first-order valence-corrected chi connectivity index (χ1v) is 5.62. The second kappa shape index (κ2) is 6.00.